The second-order valence-corrected chi connectivity index (χ2v) is 7.07. The zero-order valence-electron chi connectivity index (χ0n) is 15.5. The van der Waals surface area contributed by atoms with Gasteiger partial charge in [-0.2, -0.15) is 0 Å². The van der Waals surface area contributed by atoms with E-state index in [0.717, 1.165) is 11.1 Å². The molecule has 1 amide bonds. The zero-order chi connectivity index (χ0) is 18.3. The number of hydrogen-bond donors (Lipinski definition) is 0. The van der Waals surface area contributed by atoms with Crippen LogP contribution in [0.5, 0.6) is 0 Å². The van der Waals surface area contributed by atoms with E-state index >= 15 is 0 Å². The Morgan fingerprint density at radius 2 is 1.60 bits per heavy atom. The van der Waals surface area contributed by atoms with Gasteiger partial charge in [-0.05, 0) is 38.3 Å². The average molecular weight is 337 g/mol. The van der Waals surface area contributed by atoms with E-state index < -0.39 is 5.60 Å². The summed E-state index contributed by atoms with van der Waals surface area (Å²) in [5.41, 5.74) is 1.73. The minimum atomic E-state index is -0.507. The highest BCUT2D eigenvalue weighted by Gasteiger charge is 2.25. The molecule has 0 N–H and O–H groups in total. The van der Waals surface area contributed by atoms with E-state index in [-0.39, 0.29) is 12.1 Å². The minimum absolute atomic E-state index is 0.0731. The standard InChI is InChI=1S/C22H27NO2/c1-22(2,3)25-21(24)23(4)20(19-15-9-6-10-16-19)17-11-14-18-12-7-5-8-13-18/h5-16,20H,17H2,1-4H3/b14-11+/t20-/m0/s1. The van der Waals surface area contributed by atoms with Crippen molar-refractivity contribution in [2.45, 2.75) is 38.8 Å². The van der Waals surface area contributed by atoms with E-state index in [0.29, 0.717) is 6.42 Å². The Morgan fingerprint density at radius 1 is 1.04 bits per heavy atom. The molecule has 0 radical (unpaired) electrons. The van der Waals surface area contributed by atoms with Crippen LogP contribution in [0.4, 0.5) is 4.79 Å². The number of carbonyl (C=O) groups is 1. The number of benzene rings is 2. The quantitative estimate of drug-likeness (QED) is 0.700. The van der Waals surface area contributed by atoms with Gasteiger partial charge < -0.3 is 9.64 Å². The topological polar surface area (TPSA) is 29.5 Å². The second-order valence-electron chi connectivity index (χ2n) is 7.07. The van der Waals surface area contributed by atoms with Crippen LogP contribution in [0.2, 0.25) is 0 Å². The van der Waals surface area contributed by atoms with Crippen molar-refractivity contribution in [2.24, 2.45) is 0 Å². The molecule has 3 nitrogen and oxygen atoms in total. The zero-order valence-corrected chi connectivity index (χ0v) is 15.5. The van der Waals surface area contributed by atoms with Crippen LogP contribution in [-0.2, 0) is 4.74 Å². The highest BCUT2D eigenvalue weighted by Crippen LogP contribution is 2.25. The van der Waals surface area contributed by atoms with Gasteiger partial charge in [-0.25, -0.2) is 4.79 Å². The van der Waals surface area contributed by atoms with Gasteiger partial charge in [0.15, 0.2) is 0 Å². The van der Waals surface area contributed by atoms with E-state index in [2.05, 4.69) is 24.3 Å². The molecule has 2 aromatic carbocycles. The molecule has 0 aliphatic rings. The van der Waals surface area contributed by atoms with Crippen LogP contribution in [-0.4, -0.2) is 23.6 Å². The lowest BCUT2D eigenvalue weighted by molar-refractivity contribution is 0.0221. The number of carbonyl (C=O) groups excluding carboxylic acids is 1. The van der Waals surface area contributed by atoms with Crippen LogP contribution in [0.25, 0.3) is 6.08 Å². The summed E-state index contributed by atoms with van der Waals surface area (Å²) in [5.74, 6) is 0. The molecule has 1 atom stereocenters. The van der Waals surface area contributed by atoms with E-state index in [1.165, 1.54) is 0 Å². The maximum absolute atomic E-state index is 12.5. The fraction of sp³-hybridized carbons (Fsp3) is 0.318. The van der Waals surface area contributed by atoms with E-state index in [1.807, 2.05) is 69.3 Å². The van der Waals surface area contributed by atoms with Gasteiger partial charge in [0.05, 0.1) is 6.04 Å². The highest BCUT2D eigenvalue weighted by molar-refractivity contribution is 5.68. The number of rotatable bonds is 5. The van der Waals surface area contributed by atoms with E-state index in [1.54, 1.807) is 11.9 Å². The lowest BCUT2D eigenvalue weighted by atomic mass is 10.0. The van der Waals surface area contributed by atoms with Crippen molar-refractivity contribution >= 4 is 12.2 Å². The van der Waals surface area contributed by atoms with Crippen molar-refractivity contribution in [3.8, 4) is 0 Å². The van der Waals surface area contributed by atoms with Gasteiger partial charge >= 0.3 is 6.09 Å². The van der Waals surface area contributed by atoms with Crippen molar-refractivity contribution in [1.29, 1.82) is 0 Å². The second kappa shape index (κ2) is 8.52. The molecule has 0 saturated heterocycles. The van der Waals surface area contributed by atoms with Gasteiger partial charge in [0, 0.05) is 7.05 Å². The third-order valence-electron chi connectivity index (χ3n) is 3.80. The Hall–Kier alpha value is -2.55. The predicted octanol–water partition coefficient (Wildman–Crippen LogP) is 5.70. The molecule has 2 rings (SSSR count). The summed E-state index contributed by atoms with van der Waals surface area (Å²) >= 11 is 0. The largest absolute Gasteiger partial charge is 0.444 e. The van der Waals surface area contributed by atoms with Gasteiger partial charge in [-0.15, -0.1) is 0 Å². The molecule has 0 fully saturated rings. The maximum Gasteiger partial charge on any atom is 0.410 e. The summed E-state index contributed by atoms with van der Waals surface area (Å²) in [6.07, 6.45) is 4.59. The van der Waals surface area contributed by atoms with Crippen LogP contribution in [0.3, 0.4) is 0 Å². The molecule has 0 unspecified atom stereocenters. The van der Waals surface area contributed by atoms with Crippen molar-refractivity contribution in [3.05, 3.63) is 77.9 Å². The number of hydrogen-bond acceptors (Lipinski definition) is 2. The molecule has 2 aromatic rings. The molecule has 0 saturated carbocycles. The normalized spacial score (nSPS) is 12.8. The Balaban J connectivity index is 2.16. The van der Waals surface area contributed by atoms with Crippen molar-refractivity contribution in [2.75, 3.05) is 7.05 Å². The van der Waals surface area contributed by atoms with Crippen LogP contribution in [0.1, 0.15) is 44.4 Å². The first-order valence-corrected chi connectivity index (χ1v) is 8.59. The van der Waals surface area contributed by atoms with Gasteiger partial charge in [-0.3, -0.25) is 0 Å². The smallest absolute Gasteiger partial charge is 0.410 e. The van der Waals surface area contributed by atoms with Crippen LogP contribution >= 0.6 is 0 Å². The van der Waals surface area contributed by atoms with Gasteiger partial charge in [0.2, 0.25) is 0 Å². The van der Waals surface area contributed by atoms with Crippen LogP contribution < -0.4 is 0 Å². The maximum atomic E-state index is 12.5. The molecular weight excluding hydrogens is 310 g/mol. The third kappa shape index (κ3) is 6.11. The lowest BCUT2D eigenvalue weighted by Gasteiger charge is -2.30. The Bertz CT molecular complexity index is 687. The van der Waals surface area contributed by atoms with Crippen molar-refractivity contribution in [1.82, 2.24) is 4.90 Å². The SMILES string of the molecule is CN(C(=O)OC(C)(C)C)[C@@H](C/C=C/c1ccccc1)c1ccccc1. The fourth-order valence-electron chi connectivity index (χ4n) is 2.55. The van der Waals surface area contributed by atoms with Crippen LogP contribution in [0, 0.1) is 0 Å². The van der Waals surface area contributed by atoms with Gasteiger partial charge in [0.25, 0.3) is 0 Å². The van der Waals surface area contributed by atoms with Crippen LogP contribution in [0.15, 0.2) is 66.7 Å². The summed E-state index contributed by atoms with van der Waals surface area (Å²) in [6.45, 7) is 5.64. The molecule has 3 heteroatoms. The van der Waals surface area contributed by atoms with Crippen molar-refractivity contribution in [3.63, 3.8) is 0 Å². The summed E-state index contributed by atoms with van der Waals surface area (Å²) < 4.78 is 5.53. The molecule has 0 spiro atoms. The monoisotopic (exact) mass is 337 g/mol. The lowest BCUT2D eigenvalue weighted by Crippen LogP contribution is -2.36. The summed E-state index contributed by atoms with van der Waals surface area (Å²) in [6, 6.07) is 20.1. The molecule has 25 heavy (non-hydrogen) atoms. The molecule has 0 heterocycles. The van der Waals surface area contributed by atoms with Gasteiger partial charge in [-0.1, -0.05) is 72.8 Å². The molecule has 0 aromatic heterocycles. The number of amides is 1. The molecule has 0 aliphatic heterocycles. The summed E-state index contributed by atoms with van der Waals surface area (Å²) in [7, 11) is 1.79. The summed E-state index contributed by atoms with van der Waals surface area (Å²) in [5, 5.41) is 0. The summed E-state index contributed by atoms with van der Waals surface area (Å²) in [4.78, 5) is 14.2. The number of nitrogens with zero attached hydrogens (tertiary/aromatic N) is 1. The van der Waals surface area contributed by atoms with E-state index in [4.69, 9.17) is 4.74 Å². The molecule has 0 aliphatic carbocycles. The van der Waals surface area contributed by atoms with Gasteiger partial charge in [0.1, 0.15) is 5.60 Å². The first-order chi connectivity index (χ1) is 11.9. The first kappa shape index (κ1) is 18.8. The van der Waals surface area contributed by atoms with Crippen molar-refractivity contribution < 1.29 is 9.53 Å². The minimum Gasteiger partial charge on any atom is -0.444 e. The average Bonchev–Trinajstić information content (AvgIpc) is 2.58. The molecular formula is C22H27NO2. The van der Waals surface area contributed by atoms with E-state index in [9.17, 15) is 4.79 Å². The Kier molecular flexibility index (Phi) is 6.40. The predicted molar refractivity (Wildman–Crippen MR) is 103 cm³/mol. The fourth-order valence-corrected chi connectivity index (χ4v) is 2.55. The first-order valence-electron chi connectivity index (χ1n) is 8.59. The molecule has 132 valence electrons. The third-order valence-corrected chi connectivity index (χ3v) is 3.80. The molecule has 0 bridgehead atoms. The Labute approximate surface area is 150 Å². The Morgan fingerprint density at radius 3 is 2.16 bits per heavy atom. The highest BCUT2D eigenvalue weighted by atomic mass is 16.6. The number of ether oxygens (including phenoxy) is 1.